The molecule has 0 aliphatic carbocycles. The van der Waals surface area contributed by atoms with Crippen LogP contribution in [0.4, 0.5) is 0 Å². The maximum atomic E-state index is 12.6. The molecule has 0 unspecified atom stereocenters. The van der Waals surface area contributed by atoms with Crippen molar-refractivity contribution in [1.29, 1.82) is 0 Å². The van der Waals surface area contributed by atoms with Gasteiger partial charge in [0.2, 0.25) is 16.4 Å². The molecule has 0 atom stereocenters. The quantitative estimate of drug-likeness (QED) is 0.783. The molecule has 6 nitrogen and oxygen atoms in total. The molecule has 0 radical (unpaired) electrons. The Morgan fingerprint density at radius 1 is 1.05 bits per heavy atom. The molecule has 1 aromatic rings. The molecule has 122 valence electrons. The monoisotopic (exact) mass is 326 g/mol. The zero-order valence-electron chi connectivity index (χ0n) is 13.2. The predicted molar refractivity (Wildman–Crippen MR) is 83.2 cm³/mol. The number of carbonyl (C=O) groups excluding carboxylic acids is 1. The summed E-state index contributed by atoms with van der Waals surface area (Å²) < 4.78 is 32.2. The summed E-state index contributed by atoms with van der Waals surface area (Å²) in [7, 11) is -3.52. The van der Waals surface area contributed by atoms with Gasteiger partial charge in [-0.3, -0.25) is 4.79 Å². The van der Waals surface area contributed by atoms with Crippen LogP contribution in [0.5, 0.6) is 5.75 Å². The molecule has 1 saturated heterocycles. The van der Waals surface area contributed by atoms with E-state index in [0.717, 1.165) is 6.41 Å². The maximum absolute atomic E-state index is 12.6. The summed E-state index contributed by atoms with van der Waals surface area (Å²) in [6.07, 6.45) is 0.753. The van der Waals surface area contributed by atoms with E-state index in [0.29, 0.717) is 31.9 Å². The van der Waals surface area contributed by atoms with Gasteiger partial charge < -0.3 is 9.64 Å². The van der Waals surface area contributed by atoms with Crippen LogP contribution in [0.2, 0.25) is 0 Å². The van der Waals surface area contributed by atoms with Gasteiger partial charge in [-0.25, -0.2) is 8.42 Å². The molecule has 0 N–H and O–H groups in total. The van der Waals surface area contributed by atoms with Crippen LogP contribution in [0.3, 0.4) is 0 Å². The molecule has 2 rings (SSSR count). The lowest BCUT2D eigenvalue weighted by Gasteiger charge is -2.31. The third-order valence-electron chi connectivity index (χ3n) is 3.31. The van der Waals surface area contributed by atoms with E-state index in [1.807, 2.05) is 20.8 Å². The Morgan fingerprint density at radius 2 is 1.59 bits per heavy atom. The standard InChI is InChI=1S/C15H22N2O4S/c1-15(2,3)21-13-4-6-14(7-5-13)22(19,20)17-10-8-16(12-18)9-11-17/h4-7,12H,8-11H2,1-3H3. The number of hydrogen-bond donors (Lipinski definition) is 0. The lowest BCUT2D eigenvalue weighted by atomic mass is 10.2. The van der Waals surface area contributed by atoms with Gasteiger partial charge in [0.25, 0.3) is 0 Å². The van der Waals surface area contributed by atoms with E-state index < -0.39 is 10.0 Å². The lowest BCUT2D eigenvalue weighted by Crippen LogP contribution is -2.47. The molecule has 1 aromatic carbocycles. The summed E-state index contributed by atoms with van der Waals surface area (Å²) in [5.41, 5.74) is -0.328. The van der Waals surface area contributed by atoms with Crippen molar-refractivity contribution in [2.75, 3.05) is 26.2 Å². The van der Waals surface area contributed by atoms with Crippen LogP contribution in [0.1, 0.15) is 20.8 Å². The second-order valence-corrected chi connectivity index (χ2v) is 8.17. The number of benzene rings is 1. The second kappa shape index (κ2) is 6.26. The number of piperazine rings is 1. The summed E-state index contributed by atoms with van der Waals surface area (Å²) in [6, 6.07) is 6.45. The lowest BCUT2D eigenvalue weighted by molar-refractivity contribution is -0.119. The first-order valence-electron chi connectivity index (χ1n) is 7.21. The van der Waals surface area contributed by atoms with Crippen LogP contribution < -0.4 is 4.74 Å². The Balaban J connectivity index is 2.11. The Hall–Kier alpha value is -1.60. The Bertz CT molecular complexity index is 612. The summed E-state index contributed by atoms with van der Waals surface area (Å²) >= 11 is 0. The molecule has 1 aliphatic rings. The highest BCUT2D eigenvalue weighted by atomic mass is 32.2. The fourth-order valence-electron chi connectivity index (χ4n) is 2.23. The first-order valence-corrected chi connectivity index (χ1v) is 8.65. The van der Waals surface area contributed by atoms with E-state index in [1.165, 1.54) is 4.31 Å². The molecule has 0 spiro atoms. The van der Waals surface area contributed by atoms with Crippen LogP contribution in [-0.2, 0) is 14.8 Å². The summed E-state index contributed by atoms with van der Waals surface area (Å²) in [5.74, 6) is 0.636. The molecular weight excluding hydrogens is 304 g/mol. The summed E-state index contributed by atoms with van der Waals surface area (Å²) in [5, 5.41) is 0. The molecule has 1 aliphatic heterocycles. The number of ether oxygens (including phenoxy) is 1. The van der Waals surface area contributed by atoms with E-state index in [1.54, 1.807) is 29.2 Å². The average Bonchev–Trinajstić information content (AvgIpc) is 2.46. The second-order valence-electron chi connectivity index (χ2n) is 6.23. The average molecular weight is 326 g/mol. The van der Waals surface area contributed by atoms with Crippen molar-refractivity contribution < 1.29 is 17.9 Å². The van der Waals surface area contributed by atoms with Crippen LogP contribution in [0.25, 0.3) is 0 Å². The predicted octanol–water partition coefficient (Wildman–Crippen LogP) is 1.33. The molecule has 7 heteroatoms. The Kier molecular flexibility index (Phi) is 4.77. The molecule has 1 amide bonds. The Morgan fingerprint density at radius 3 is 2.05 bits per heavy atom. The summed E-state index contributed by atoms with van der Waals surface area (Å²) in [4.78, 5) is 12.5. The fraction of sp³-hybridized carbons (Fsp3) is 0.533. The van der Waals surface area contributed by atoms with Gasteiger partial charge >= 0.3 is 0 Å². The zero-order chi connectivity index (χ0) is 16.4. The van der Waals surface area contributed by atoms with Crippen LogP contribution >= 0.6 is 0 Å². The zero-order valence-corrected chi connectivity index (χ0v) is 14.0. The topological polar surface area (TPSA) is 66.9 Å². The van der Waals surface area contributed by atoms with Gasteiger partial charge in [-0.15, -0.1) is 0 Å². The van der Waals surface area contributed by atoms with E-state index >= 15 is 0 Å². The number of hydrogen-bond acceptors (Lipinski definition) is 4. The number of rotatable bonds is 4. The highest BCUT2D eigenvalue weighted by Gasteiger charge is 2.28. The SMILES string of the molecule is CC(C)(C)Oc1ccc(S(=O)(=O)N2CCN(C=O)CC2)cc1. The van der Waals surface area contributed by atoms with Crippen LogP contribution in [0, 0.1) is 0 Å². The first kappa shape index (κ1) is 16.8. The molecule has 0 saturated carbocycles. The smallest absolute Gasteiger partial charge is 0.243 e. The van der Waals surface area contributed by atoms with Crippen molar-refractivity contribution in [2.45, 2.75) is 31.3 Å². The minimum absolute atomic E-state index is 0.244. The number of sulfonamides is 1. The molecule has 0 aromatic heterocycles. The van der Waals surface area contributed by atoms with Gasteiger partial charge in [0, 0.05) is 26.2 Å². The number of nitrogens with zero attached hydrogens (tertiary/aromatic N) is 2. The Labute approximate surface area is 131 Å². The maximum Gasteiger partial charge on any atom is 0.243 e. The minimum Gasteiger partial charge on any atom is -0.488 e. The van der Waals surface area contributed by atoms with Gasteiger partial charge in [0.05, 0.1) is 4.90 Å². The van der Waals surface area contributed by atoms with Gasteiger partial charge in [-0.2, -0.15) is 4.31 Å². The van der Waals surface area contributed by atoms with E-state index in [2.05, 4.69) is 0 Å². The van der Waals surface area contributed by atoms with Crippen molar-refractivity contribution in [3.05, 3.63) is 24.3 Å². The molecule has 1 heterocycles. The van der Waals surface area contributed by atoms with Crippen molar-refractivity contribution in [1.82, 2.24) is 9.21 Å². The van der Waals surface area contributed by atoms with Crippen molar-refractivity contribution in [3.8, 4) is 5.75 Å². The highest BCUT2D eigenvalue weighted by molar-refractivity contribution is 7.89. The minimum atomic E-state index is -3.52. The van der Waals surface area contributed by atoms with E-state index in [9.17, 15) is 13.2 Å². The summed E-state index contributed by atoms with van der Waals surface area (Å²) in [6.45, 7) is 7.29. The molecule has 0 bridgehead atoms. The number of carbonyl (C=O) groups is 1. The van der Waals surface area contributed by atoms with Gasteiger partial charge in [-0.05, 0) is 45.0 Å². The van der Waals surface area contributed by atoms with Gasteiger partial charge in [-0.1, -0.05) is 0 Å². The van der Waals surface area contributed by atoms with Gasteiger partial charge in [0.15, 0.2) is 0 Å². The van der Waals surface area contributed by atoms with E-state index in [4.69, 9.17) is 4.74 Å². The third kappa shape index (κ3) is 3.98. The molecule has 22 heavy (non-hydrogen) atoms. The van der Waals surface area contributed by atoms with Crippen LogP contribution in [-0.4, -0.2) is 55.8 Å². The fourth-order valence-corrected chi connectivity index (χ4v) is 3.65. The highest BCUT2D eigenvalue weighted by Crippen LogP contribution is 2.23. The van der Waals surface area contributed by atoms with Crippen molar-refractivity contribution in [2.24, 2.45) is 0 Å². The van der Waals surface area contributed by atoms with Crippen molar-refractivity contribution in [3.63, 3.8) is 0 Å². The number of amides is 1. The van der Waals surface area contributed by atoms with Crippen LogP contribution in [0.15, 0.2) is 29.2 Å². The molecule has 1 fully saturated rings. The third-order valence-corrected chi connectivity index (χ3v) is 5.22. The first-order chi connectivity index (χ1) is 10.2. The molecular formula is C15H22N2O4S. The normalized spacial score (nSPS) is 17.3. The van der Waals surface area contributed by atoms with Gasteiger partial charge in [0.1, 0.15) is 11.4 Å². The largest absolute Gasteiger partial charge is 0.488 e. The van der Waals surface area contributed by atoms with Crippen molar-refractivity contribution >= 4 is 16.4 Å². The van der Waals surface area contributed by atoms with E-state index in [-0.39, 0.29) is 10.5 Å².